The van der Waals surface area contributed by atoms with Crippen LogP contribution < -0.4 is 16.9 Å². The summed E-state index contributed by atoms with van der Waals surface area (Å²) >= 11 is 0. The normalized spacial score (nSPS) is 10.2. The summed E-state index contributed by atoms with van der Waals surface area (Å²) in [5, 5.41) is 19.6. The highest BCUT2D eigenvalue weighted by atomic mass is 16.3. The van der Waals surface area contributed by atoms with Gasteiger partial charge >= 0.3 is 0 Å². The van der Waals surface area contributed by atoms with Crippen LogP contribution in [0.4, 0.5) is 11.6 Å². The van der Waals surface area contributed by atoms with Crippen molar-refractivity contribution in [2.75, 3.05) is 16.9 Å². The molecule has 0 aliphatic carbocycles. The van der Waals surface area contributed by atoms with Crippen molar-refractivity contribution in [3.05, 3.63) is 30.1 Å². The van der Waals surface area contributed by atoms with Gasteiger partial charge in [0.15, 0.2) is 5.82 Å². The number of nitrogens with two attached hydrogens (primary N) is 2. The van der Waals surface area contributed by atoms with Gasteiger partial charge in [-0.1, -0.05) is 0 Å². The Kier molecular flexibility index (Phi) is 2.50. The van der Waals surface area contributed by atoms with E-state index >= 15 is 0 Å². The van der Waals surface area contributed by atoms with Crippen LogP contribution in [0, 0.1) is 0 Å². The minimum atomic E-state index is 0.169. The van der Waals surface area contributed by atoms with Gasteiger partial charge in [0.2, 0.25) is 5.95 Å². The number of phenols is 1. The fourth-order valence-electron chi connectivity index (χ4n) is 1.22. The molecule has 7 heteroatoms. The van der Waals surface area contributed by atoms with Crippen molar-refractivity contribution >= 4 is 11.6 Å². The second-order valence-electron chi connectivity index (χ2n) is 3.24. The molecule has 6 N–H and O–H groups in total. The predicted molar refractivity (Wildman–Crippen MR) is 60.0 cm³/mol. The number of phenolic OH excluding ortho intramolecular Hbond substituents is 1. The van der Waals surface area contributed by atoms with Gasteiger partial charge in [-0.25, -0.2) is 4.68 Å². The highest BCUT2D eigenvalue weighted by Gasteiger charge is 2.05. The molecule has 0 bridgehead atoms. The van der Waals surface area contributed by atoms with Crippen molar-refractivity contribution in [2.45, 2.75) is 6.54 Å². The number of anilines is 2. The first-order chi connectivity index (χ1) is 7.66. The van der Waals surface area contributed by atoms with Crippen LogP contribution in [0.3, 0.4) is 0 Å². The molecule has 1 heterocycles. The molecule has 0 saturated heterocycles. The molecule has 0 aliphatic heterocycles. The van der Waals surface area contributed by atoms with Crippen LogP contribution in [-0.2, 0) is 6.54 Å². The lowest BCUT2D eigenvalue weighted by Crippen LogP contribution is -2.17. The Morgan fingerprint density at radius 2 is 1.94 bits per heavy atom. The Labute approximate surface area is 91.7 Å². The Morgan fingerprint density at radius 1 is 1.25 bits per heavy atom. The Bertz CT molecular complexity index is 477. The van der Waals surface area contributed by atoms with E-state index in [1.165, 1.54) is 4.68 Å². The summed E-state index contributed by atoms with van der Waals surface area (Å²) in [7, 11) is 0. The third kappa shape index (κ3) is 1.97. The van der Waals surface area contributed by atoms with Crippen LogP contribution in [0.15, 0.2) is 24.3 Å². The molecule has 0 fully saturated rings. The maximum Gasteiger partial charge on any atom is 0.240 e. The maximum atomic E-state index is 9.10. The molecule has 2 rings (SSSR count). The average Bonchev–Trinajstić information content (AvgIpc) is 2.60. The Hall–Kier alpha value is -2.44. The van der Waals surface area contributed by atoms with Crippen LogP contribution in [0.2, 0.25) is 0 Å². The lowest BCUT2D eigenvalue weighted by atomic mass is 10.3. The van der Waals surface area contributed by atoms with Crippen molar-refractivity contribution in [1.29, 1.82) is 0 Å². The molecule has 1 aromatic carbocycles. The zero-order valence-electron chi connectivity index (χ0n) is 8.46. The third-order valence-electron chi connectivity index (χ3n) is 2.11. The summed E-state index contributed by atoms with van der Waals surface area (Å²) in [6, 6.07) is 6.67. The maximum absolute atomic E-state index is 9.10. The summed E-state index contributed by atoms with van der Waals surface area (Å²) in [5.74, 6) is 6.50. The minimum absolute atomic E-state index is 0.169. The van der Waals surface area contributed by atoms with Crippen LogP contribution in [0.5, 0.6) is 5.75 Å². The molecule has 7 nitrogen and oxygen atoms in total. The van der Waals surface area contributed by atoms with Gasteiger partial charge in [-0.2, -0.15) is 0 Å². The van der Waals surface area contributed by atoms with E-state index in [4.69, 9.17) is 16.7 Å². The zero-order valence-corrected chi connectivity index (χ0v) is 8.46. The van der Waals surface area contributed by atoms with Gasteiger partial charge in [0.1, 0.15) is 5.75 Å². The van der Waals surface area contributed by atoms with Crippen LogP contribution in [0.25, 0.3) is 0 Å². The first-order valence-electron chi connectivity index (χ1n) is 4.64. The summed E-state index contributed by atoms with van der Waals surface area (Å²) < 4.78 is 1.22. The molecule has 2 aromatic rings. The molecule has 0 aliphatic rings. The molecule has 0 spiro atoms. The van der Waals surface area contributed by atoms with Gasteiger partial charge in [0.25, 0.3) is 0 Å². The molecule has 1 aromatic heterocycles. The van der Waals surface area contributed by atoms with E-state index in [2.05, 4.69) is 15.5 Å². The summed E-state index contributed by atoms with van der Waals surface area (Å²) in [6.45, 7) is 0.408. The van der Waals surface area contributed by atoms with Crippen molar-refractivity contribution in [2.24, 2.45) is 0 Å². The number of aromatic hydroxyl groups is 1. The van der Waals surface area contributed by atoms with E-state index in [-0.39, 0.29) is 11.7 Å². The van der Waals surface area contributed by atoms with Crippen molar-refractivity contribution < 1.29 is 5.11 Å². The van der Waals surface area contributed by atoms with E-state index in [1.807, 2.05) is 0 Å². The number of hydrogen-bond donors (Lipinski definition) is 4. The van der Waals surface area contributed by atoms with Gasteiger partial charge in [0.05, 0.1) is 6.54 Å². The monoisotopic (exact) mass is 220 g/mol. The molecule has 0 unspecified atom stereocenters. The molecule has 0 amide bonds. The van der Waals surface area contributed by atoms with Crippen LogP contribution in [-0.4, -0.2) is 20.0 Å². The topological polar surface area (TPSA) is 115 Å². The van der Waals surface area contributed by atoms with E-state index < -0.39 is 0 Å². The second kappa shape index (κ2) is 3.97. The molecular weight excluding hydrogens is 208 g/mol. The number of nitrogens with zero attached hydrogens (tertiary/aromatic N) is 3. The Morgan fingerprint density at radius 3 is 2.50 bits per heavy atom. The average molecular weight is 220 g/mol. The largest absolute Gasteiger partial charge is 0.508 e. The van der Waals surface area contributed by atoms with E-state index in [9.17, 15) is 0 Å². The standard InChI is InChI=1S/C9H12N6O/c10-9-14-13-8(15(9)11)5-12-6-1-3-7(16)4-2-6/h1-4,12,16H,5,11H2,(H2,10,14). The second-order valence-corrected chi connectivity index (χ2v) is 3.24. The number of rotatable bonds is 3. The number of nitrogen functional groups attached to an aromatic ring is 2. The first-order valence-corrected chi connectivity index (χ1v) is 4.64. The number of benzene rings is 1. The first kappa shape index (κ1) is 10.1. The van der Waals surface area contributed by atoms with Crippen molar-refractivity contribution in [3.8, 4) is 5.75 Å². The van der Waals surface area contributed by atoms with Gasteiger partial charge in [0, 0.05) is 5.69 Å². The molecule has 0 radical (unpaired) electrons. The van der Waals surface area contributed by atoms with E-state index in [1.54, 1.807) is 24.3 Å². The number of nitrogens with one attached hydrogen (secondary N) is 1. The lowest BCUT2D eigenvalue weighted by Gasteiger charge is -2.05. The fraction of sp³-hybridized carbons (Fsp3) is 0.111. The van der Waals surface area contributed by atoms with Crippen molar-refractivity contribution in [1.82, 2.24) is 14.9 Å². The van der Waals surface area contributed by atoms with Gasteiger partial charge < -0.3 is 22.0 Å². The van der Waals surface area contributed by atoms with Crippen LogP contribution in [0.1, 0.15) is 5.82 Å². The number of hydrogen-bond acceptors (Lipinski definition) is 6. The fourth-order valence-corrected chi connectivity index (χ4v) is 1.22. The lowest BCUT2D eigenvalue weighted by molar-refractivity contribution is 0.475. The quantitative estimate of drug-likeness (QED) is 0.424. The minimum Gasteiger partial charge on any atom is -0.508 e. The highest BCUT2D eigenvalue weighted by Crippen LogP contribution is 2.14. The van der Waals surface area contributed by atoms with Crippen molar-refractivity contribution in [3.63, 3.8) is 0 Å². The van der Waals surface area contributed by atoms with Gasteiger partial charge in [-0.15, -0.1) is 10.2 Å². The van der Waals surface area contributed by atoms with Gasteiger partial charge in [-0.3, -0.25) is 0 Å². The van der Waals surface area contributed by atoms with E-state index in [0.717, 1.165) is 5.69 Å². The molecule has 84 valence electrons. The summed E-state index contributed by atoms with van der Waals surface area (Å²) in [6.07, 6.45) is 0. The Balaban J connectivity index is 2.02. The summed E-state index contributed by atoms with van der Waals surface area (Å²) in [5.41, 5.74) is 6.28. The van der Waals surface area contributed by atoms with Gasteiger partial charge in [-0.05, 0) is 24.3 Å². The van der Waals surface area contributed by atoms with Crippen LogP contribution >= 0.6 is 0 Å². The molecule has 0 atom stereocenters. The zero-order chi connectivity index (χ0) is 11.5. The smallest absolute Gasteiger partial charge is 0.240 e. The molecule has 0 saturated carbocycles. The summed E-state index contributed by atoms with van der Waals surface area (Å²) in [4.78, 5) is 0. The molecular formula is C9H12N6O. The molecule has 16 heavy (non-hydrogen) atoms. The van der Waals surface area contributed by atoms with E-state index in [0.29, 0.717) is 12.4 Å². The highest BCUT2D eigenvalue weighted by molar-refractivity contribution is 5.46. The number of aromatic nitrogens is 3. The predicted octanol–water partition coefficient (Wildman–Crippen LogP) is -0.108. The SMILES string of the molecule is Nc1nnc(CNc2ccc(O)cc2)n1N. The third-order valence-corrected chi connectivity index (χ3v) is 2.11.